The lowest BCUT2D eigenvalue weighted by molar-refractivity contribution is 0.0526. The summed E-state index contributed by atoms with van der Waals surface area (Å²) in [5.41, 5.74) is 1.50. The molecule has 174 valence electrons. The lowest BCUT2D eigenvalue weighted by Crippen LogP contribution is -2.15. The Kier molecular flexibility index (Phi) is 6.36. The van der Waals surface area contributed by atoms with Gasteiger partial charge in [-0.3, -0.25) is 4.79 Å². The molecule has 0 fully saturated rings. The number of benzene rings is 2. The largest absolute Gasteiger partial charge is 0.486 e. The van der Waals surface area contributed by atoms with Crippen LogP contribution < -0.4 is 10.1 Å². The van der Waals surface area contributed by atoms with Crippen molar-refractivity contribution < 1.29 is 23.5 Å². The lowest BCUT2D eigenvalue weighted by atomic mass is 9.95. The minimum absolute atomic E-state index is 0.165. The number of amides is 1. The van der Waals surface area contributed by atoms with Gasteiger partial charge in [-0.1, -0.05) is 30.3 Å². The zero-order chi connectivity index (χ0) is 23.5. The second-order valence-electron chi connectivity index (χ2n) is 8.15. The van der Waals surface area contributed by atoms with Gasteiger partial charge in [0.25, 0.3) is 5.91 Å². The van der Waals surface area contributed by atoms with Crippen molar-refractivity contribution in [1.29, 1.82) is 0 Å². The van der Waals surface area contributed by atoms with Crippen molar-refractivity contribution >= 4 is 39.0 Å². The van der Waals surface area contributed by atoms with E-state index in [1.165, 1.54) is 11.3 Å². The monoisotopic (exact) mass is 475 g/mol. The fourth-order valence-electron chi connectivity index (χ4n) is 4.23. The summed E-state index contributed by atoms with van der Waals surface area (Å²) in [6.07, 6.45) is 3.86. The third kappa shape index (κ3) is 4.56. The fourth-order valence-corrected chi connectivity index (χ4v) is 5.50. The summed E-state index contributed by atoms with van der Waals surface area (Å²) in [5, 5.41) is 5.64. The molecule has 0 aliphatic heterocycles. The standard InChI is InChI=1S/C27H25NO5S/c1-2-31-27(30)24-21-9-5-6-10-23(21)34-26(24)28-25(29)22-14-13-20(33-22)16-32-19-12-11-17-7-3-4-8-18(17)15-19/h3-4,7-8,11-15H,2,5-6,9-10,16H2,1H3,(H,28,29). The Morgan fingerprint density at radius 2 is 1.85 bits per heavy atom. The van der Waals surface area contributed by atoms with E-state index in [1.807, 2.05) is 42.5 Å². The molecule has 0 saturated carbocycles. The Morgan fingerprint density at radius 3 is 2.71 bits per heavy atom. The minimum atomic E-state index is -0.402. The van der Waals surface area contributed by atoms with Gasteiger partial charge in [0.15, 0.2) is 5.76 Å². The van der Waals surface area contributed by atoms with Crippen molar-refractivity contribution in [3.63, 3.8) is 0 Å². The molecule has 0 bridgehead atoms. The lowest BCUT2D eigenvalue weighted by Gasteiger charge is -2.12. The number of hydrogen-bond acceptors (Lipinski definition) is 6. The Bertz CT molecular complexity index is 1350. The first-order chi connectivity index (χ1) is 16.6. The predicted octanol–water partition coefficient (Wildman–Crippen LogP) is 6.38. The molecule has 0 atom stereocenters. The molecule has 34 heavy (non-hydrogen) atoms. The van der Waals surface area contributed by atoms with Crippen molar-refractivity contribution in [3.05, 3.63) is 82.1 Å². The van der Waals surface area contributed by atoms with Crippen LogP contribution in [0.3, 0.4) is 0 Å². The Labute approximate surface area is 201 Å². The molecular weight excluding hydrogens is 450 g/mol. The third-order valence-electron chi connectivity index (χ3n) is 5.87. The van der Waals surface area contributed by atoms with Gasteiger partial charge < -0.3 is 19.2 Å². The number of nitrogens with one attached hydrogen (secondary N) is 1. The molecule has 1 aliphatic carbocycles. The van der Waals surface area contributed by atoms with Crippen LogP contribution in [0.15, 0.2) is 59.0 Å². The van der Waals surface area contributed by atoms with E-state index in [9.17, 15) is 9.59 Å². The summed E-state index contributed by atoms with van der Waals surface area (Å²) in [7, 11) is 0. The molecule has 1 aliphatic rings. The van der Waals surface area contributed by atoms with Gasteiger partial charge in [0, 0.05) is 4.88 Å². The molecule has 2 aromatic carbocycles. The number of aryl methyl sites for hydroxylation is 1. The van der Waals surface area contributed by atoms with Crippen molar-refractivity contribution in [2.45, 2.75) is 39.2 Å². The van der Waals surface area contributed by atoms with Crippen LogP contribution in [0, 0.1) is 0 Å². The molecule has 0 spiro atoms. The summed E-state index contributed by atoms with van der Waals surface area (Å²) in [4.78, 5) is 26.7. The van der Waals surface area contributed by atoms with E-state index in [1.54, 1.807) is 19.1 Å². The van der Waals surface area contributed by atoms with Gasteiger partial charge in [-0.05, 0) is 73.2 Å². The number of thiophene rings is 1. The van der Waals surface area contributed by atoms with Crippen LogP contribution in [-0.2, 0) is 24.2 Å². The summed E-state index contributed by atoms with van der Waals surface area (Å²) in [6, 6.07) is 17.3. The molecule has 6 nitrogen and oxygen atoms in total. The number of hydrogen-bond donors (Lipinski definition) is 1. The molecule has 2 aromatic heterocycles. The molecule has 2 heterocycles. The summed E-state index contributed by atoms with van der Waals surface area (Å²) in [6.45, 7) is 2.27. The number of anilines is 1. The van der Waals surface area contributed by atoms with Crippen molar-refractivity contribution in [2.75, 3.05) is 11.9 Å². The fraction of sp³-hybridized carbons (Fsp3) is 0.259. The molecule has 1 amide bonds. The summed E-state index contributed by atoms with van der Waals surface area (Å²) >= 11 is 1.46. The van der Waals surface area contributed by atoms with Crippen LogP contribution >= 0.6 is 11.3 Å². The highest BCUT2D eigenvalue weighted by molar-refractivity contribution is 7.17. The third-order valence-corrected chi connectivity index (χ3v) is 7.07. The van der Waals surface area contributed by atoms with Crippen molar-refractivity contribution in [3.8, 4) is 5.75 Å². The van der Waals surface area contributed by atoms with E-state index in [-0.39, 0.29) is 24.9 Å². The van der Waals surface area contributed by atoms with Crippen LogP contribution in [0.5, 0.6) is 5.75 Å². The maximum atomic E-state index is 12.9. The number of carbonyl (C=O) groups is 2. The topological polar surface area (TPSA) is 77.8 Å². The zero-order valence-corrected chi connectivity index (χ0v) is 19.7. The maximum absolute atomic E-state index is 12.9. The average Bonchev–Trinajstić information content (AvgIpc) is 3.47. The number of carbonyl (C=O) groups excluding carboxylic acids is 2. The van der Waals surface area contributed by atoms with Crippen LogP contribution in [-0.4, -0.2) is 18.5 Å². The molecule has 4 aromatic rings. The van der Waals surface area contributed by atoms with Gasteiger partial charge >= 0.3 is 5.97 Å². The molecule has 1 N–H and O–H groups in total. The Morgan fingerprint density at radius 1 is 1.03 bits per heavy atom. The zero-order valence-electron chi connectivity index (χ0n) is 18.9. The van der Waals surface area contributed by atoms with Gasteiger partial charge in [-0.25, -0.2) is 4.79 Å². The van der Waals surface area contributed by atoms with E-state index in [0.717, 1.165) is 52.6 Å². The van der Waals surface area contributed by atoms with Crippen molar-refractivity contribution in [2.24, 2.45) is 0 Å². The van der Waals surface area contributed by atoms with Crippen LogP contribution in [0.4, 0.5) is 5.00 Å². The molecular formula is C27H25NO5S. The van der Waals surface area contributed by atoms with E-state index >= 15 is 0 Å². The molecule has 0 saturated heterocycles. The van der Waals surface area contributed by atoms with E-state index in [0.29, 0.717) is 16.3 Å². The Balaban J connectivity index is 1.28. The van der Waals surface area contributed by atoms with Gasteiger partial charge in [0.05, 0.1) is 12.2 Å². The van der Waals surface area contributed by atoms with E-state index in [4.69, 9.17) is 13.9 Å². The number of rotatable bonds is 7. The van der Waals surface area contributed by atoms with E-state index < -0.39 is 5.91 Å². The quantitative estimate of drug-likeness (QED) is 0.314. The second-order valence-corrected chi connectivity index (χ2v) is 9.26. The number of esters is 1. The highest BCUT2D eigenvalue weighted by atomic mass is 32.1. The van der Waals surface area contributed by atoms with Crippen LogP contribution in [0.1, 0.15) is 56.9 Å². The van der Waals surface area contributed by atoms with Gasteiger partial charge in [0.1, 0.15) is 23.1 Å². The summed E-state index contributed by atoms with van der Waals surface area (Å²) < 4.78 is 16.8. The van der Waals surface area contributed by atoms with Crippen molar-refractivity contribution in [1.82, 2.24) is 0 Å². The Hall–Kier alpha value is -3.58. The summed E-state index contributed by atoms with van der Waals surface area (Å²) in [5.74, 6) is 0.638. The molecule has 5 rings (SSSR count). The molecule has 0 radical (unpaired) electrons. The average molecular weight is 476 g/mol. The minimum Gasteiger partial charge on any atom is -0.486 e. The van der Waals surface area contributed by atoms with Crippen LogP contribution in [0.2, 0.25) is 0 Å². The number of ether oxygens (including phenoxy) is 2. The number of furan rings is 1. The highest BCUT2D eigenvalue weighted by Crippen LogP contribution is 2.39. The van der Waals surface area contributed by atoms with Crippen LogP contribution in [0.25, 0.3) is 10.8 Å². The van der Waals surface area contributed by atoms with E-state index in [2.05, 4.69) is 5.32 Å². The maximum Gasteiger partial charge on any atom is 0.341 e. The highest BCUT2D eigenvalue weighted by Gasteiger charge is 2.28. The van der Waals surface area contributed by atoms with Gasteiger partial charge in [-0.2, -0.15) is 0 Å². The predicted molar refractivity (Wildman–Crippen MR) is 132 cm³/mol. The molecule has 7 heteroatoms. The van der Waals surface area contributed by atoms with Gasteiger partial charge in [-0.15, -0.1) is 11.3 Å². The first-order valence-electron chi connectivity index (χ1n) is 11.5. The smallest absolute Gasteiger partial charge is 0.341 e. The van der Waals surface area contributed by atoms with Gasteiger partial charge in [0.2, 0.25) is 0 Å². The second kappa shape index (κ2) is 9.73. The molecule has 0 unspecified atom stereocenters. The first-order valence-corrected chi connectivity index (χ1v) is 12.3. The normalized spacial score (nSPS) is 12.9. The number of fused-ring (bicyclic) bond motifs is 2. The SMILES string of the molecule is CCOC(=O)c1c(NC(=O)c2ccc(COc3ccc4ccccc4c3)o2)sc2c1CCCC2. The first kappa shape index (κ1) is 22.2.